The number of aromatic carboxylic acids is 2. The van der Waals surface area contributed by atoms with Crippen molar-refractivity contribution >= 4 is 23.3 Å². The molecule has 0 fully saturated rings. The van der Waals surface area contributed by atoms with Gasteiger partial charge in [0.25, 0.3) is 0 Å². The Labute approximate surface area is 150 Å². The van der Waals surface area contributed by atoms with Crippen LogP contribution in [-0.2, 0) is 0 Å². The van der Waals surface area contributed by atoms with Gasteiger partial charge < -0.3 is 10.2 Å². The quantitative estimate of drug-likeness (QED) is 0.634. The van der Waals surface area contributed by atoms with Gasteiger partial charge in [-0.25, -0.2) is 9.59 Å². The highest BCUT2D eigenvalue weighted by atomic mass is 16.4. The highest BCUT2D eigenvalue weighted by Gasteiger charge is 2.06. The summed E-state index contributed by atoms with van der Waals surface area (Å²) in [5, 5.41) is 25.2. The van der Waals surface area contributed by atoms with Crippen LogP contribution in [0.5, 0.6) is 0 Å². The first kappa shape index (κ1) is 18.5. The summed E-state index contributed by atoms with van der Waals surface area (Å²) in [5.74, 6) is -2.25. The lowest BCUT2D eigenvalue weighted by atomic mass is 10.1. The van der Waals surface area contributed by atoms with Crippen molar-refractivity contribution in [2.24, 2.45) is 10.2 Å². The molecule has 3 aromatic carbocycles. The topological polar surface area (TPSA) is 99.3 Å². The van der Waals surface area contributed by atoms with E-state index in [0.29, 0.717) is 0 Å². The van der Waals surface area contributed by atoms with Crippen LogP contribution in [0.2, 0.25) is 0 Å². The Bertz CT molecular complexity index is 823. The number of carbonyl (C=O) groups is 2. The van der Waals surface area contributed by atoms with Crippen LogP contribution in [-0.4, -0.2) is 22.2 Å². The van der Waals surface area contributed by atoms with E-state index in [1.807, 2.05) is 60.7 Å². The zero-order valence-corrected chi connectivity index (χ0v) is 13.7. The van der Waals surface area contributed by atoms with Crippen molar-refractivity contribution in [2.45, 2.75) is 0 Å². The van der Waals surface area contributed by atoms with Crippen LogP contribution in [0.1, 0.15) is 20.7 Å². The van der Waals surface area contributed by atoms with E-state index in [0.717, 1.165) is 17.4 Å². The molecule has 0 saturated heterocycles. The Balaban J connectivity index is 0.000000190. The molecule has 3 aromatic rings. The molecule has 0 aliphatic carbocycles. The number of hydrogen-bond donors (Lipinski definition) is 2. The van der Waals surface area contributed by atoms with Gasteiger partial charge in [0.1, 0.15) is 0 Å². The van der Waals surface area contributed by atoms with E-state index in [9.17, 15) is 9.59 Å². The standard InChI is InChI=1S/C12H10N2.C8H6O4/c1-3-7-11(8-4-1)13-14-12-9-5-2-6-10-12;9-7(10)5-2-1-3-6(4-5)8(11)12/h1-10H;1-4H,(H,9,10)(H,11,12). The van der Waals surface area contributed by atoms with E-state index in [1.54, 1.807) is 0 Å². The number of benzene rings is 3. The normalized spacial score (nSPS) is 10.0. The molecule has 0 atom stereocenters. The maximum atomic E-state index is 10.4. The van der Waals surface area contributed by atoms with E-state index in [1.165, 1.54) is 18.2 Å². The van der Waals surface area contributed by atoms with Gasteiger partial charge in [-0.15, -0.1) is 0 Å². The summed E-state index contributed by atoms with van der Waals surface area (Å²) in [7, 11) is 0. The van der Waals surface area contributed by atoms with Gasteiger partial charge in [-0.3, -0.25) is 0 Å². The van der Waals surface area contributed by atoms with E-state index in [-0.39, 0.29) is 11.1 Å². The Hall–Kier alpha value is -3.80. The monoisotopic (exact) mass is 348 g/mol. The number of azo groups is 1. The molecule has 26 heavy (non-hydrogen) atoms. The molecule has 0 unspecified atom stereocenters. The smallest absolute Gasteiger partial charge is 0.335 e. The fourth-order valence-electron chi connectivity index (χ4n) is 1.89. The molecule has 0 radical (unpaired) electrons. The third-order valence-electron chi connectivity index (χ3n) is 3.15. The molecule has 0 aliphatic heterocycles. The van der Waals surface area contributed by atoms with Crippen molar-refractivity contribution in [2.75, 3.05) is 0 Å². The van der Waals surface area contributed by atoms with Gasteiger partial charge in [0.15, 0.2) is 0 Å². The van der Waals surface area contributed by atoms with Crippen molar-refractivity contribution in [1.29, 1.82) is 0 Å². The van der Waals surface area contributed by atoms with Gasteiger partial charge in [-0.2, -0.15) is 10.2 Å². The largest absolute Gasteiger partial charge is 0.478 e. The number of hydrogen-bond acceptors (Lipinski definition) is 4. The number of carboxylic acid groups (broad SMARTS) is 2. The fraction of sp³-hybridized carbons (Fsp3) is 0. The molecular weight excluding hydrogens is 332 g/mol. The predicted octanol–water partition coefficient (Wildman–Crippen LogP) is 5.19. The van der Waals surface area contributed by atoms with Crippen LogP contribution < -0.4 is 0 Å². The summed E-state index contributed by atoms with van der Waals surface area (Å²) < 4.78 is 0. The SMILES string of the molecule is O=C(O)c1cccc(C(=O)O)c1.c1ccc(N=Nc2ccccc2)cc1. The van der Waals surface area contributed by atoms with Gasteiger partial charge in [-0.05, 0) is 42.5 Å². The summed E-state index contributed by atoms with van der Waals surface area (Å²) in [5.41, 5.74) is 1.71. The van der Waals surface area contributed by atoms with Crippen molar-refractivity contribution < 1.29 is 19.8 Å². The van der Waals surface area contributed by atoms with Crippen molar-refractivity contribution in [3.8, 4) is 0 Å². The second-order valence-corrected chi connectivity index (χ2v) is 5.06. The maximum absolute atomic E-state index is 10.4. The van der Waals surface area contributed by atoms with Crippen LogP contribution in [0.25, 0.3) is 0 Å². The van der Waals surface area contributed by atoms with Crippen molar-refractivity contribution in [3.63, 3.8) is 0 Å². The highest BCUT2D eigenvalue weighted by molar-refractivity contribution is 5.93. The Morgan fingerprint density at radius 2 is 0.962 bits per heavy atom. The molecule has 130 valence electrons. The van der Waals surface area contributed by atoms with E-state index in [2.05, 4.69) is 10.2 Å². The molecule has 2 N–H and O–H groups in total. The zero-order chi connectivity index (χ0) is 18.8. The van der Waals surface area contributed by atoms with E-state index in [4.69, 9.17) is 10.2 Å². The second kappa shape index (κ2) is 9.48. The molecule has 0 aromatic heterocycles. The van der Waals surface area contributed by atoms with Crippen LogP contribution in [0.3, 0.4) is 0 Å². The highest BCUT2D eigenvalue weighted by Crippen LogP contribution is 2.16. The Morgan fingerprint density at radius 1 is 0.577 bits per heavy atom. The zero-order valence-electron chi connectivity index (χ0n) is 13.7. The second-order valence-electron chi connectivity index (χ2n) is 5.06. The first-order chi connectivity index (χ1) is 12.6. The lowest BCUT2D eigenvalue weighted by Gasteiger charge is -1.95. The van der Waals surface area contributed by atoms with Gasteiger partial charge in [0, 0.05) is 0 Å². The van der Waals surface area contributed by atoms with Gasteiger partial charge in [0.2, 0.25) is 0 Å². The molecule has 6 heteroatoms. The summed E-state index contributed by atoms with van der Waals surface area (Å²) in [6, 6.07) is 24.6. The molecule has 0 heterocycles. The minimum Gasteiger partial charge on any atom is -0.478 e. The van der Waals surface area contributed by atoms with Crippen molar-refractivity contribution in [1.82, 2.24) is 0 Å². The van der Waals surface area contributed by atoms with Gasteiger partial charge in [0.05, 0.1) is 22.5 Å². The summed E-state index contributed by atoms with van der Waals surface area (Å²) in [4.78, 5) is 20.8. The molecule has 0 spiro atoms. The molecule has 3 rings (SSSR count). The lowest BCUT2D eigenvalue weighted by molar-refractivity contribution is 0.0696. The Kier molecular flexibility index (Phi) is 6.76. The first-order valence-corrected chi connectivity index (χ1v) is 7.65. The minimum absolute atomic E-state index is 0.0186. The third kappa shape index (κ3) is 6.01. The molecule has 0 aliphatic rings. The molecule has 6 nitrogen and oxygen atoms in total. The van der Waals surface area contributed by atoms with Crippen LogP contribution in [0.4, 0.5) is 11.4 Å². The lowest BCUT2D eigenvalue weighted by Crippen LogP contribution is -2.01. The summed E-state index contributed by atoms with van der Waals surface area (Å²) in [6.07, 6.45) is 0. The number of carboxylic acids is 2. The Morgan fingerprint density at radius 3 is 1.31 bits per heavy atom. The minimum atomic E-state index is -1.13. The summed E-state index contributed by atoms with van der Waals surface area (Å²) >= 11 is 0. The molecule has 0 bridgehead atoms. The molecular formula is C20H16N2O4. The average Bonchev–Trinajstić information content (AvgIpc) is 2.68. The molecule has 0 amide bonds. The maximum Gasteiger partial charge on any atom is 0.335 e. The molecule has 0 saturated carbocycles. The van der Waals surface area contributed by atoms with E-state index >= 15 is 0 Å². The van der Waals surface area contributed by atoms with Crippen LogP contribution in [0, 0.1) is 0 Å². The fourth-order valence-corrected chi connectivity index (χ4v) is 1.89. The number of rotatable bonds is 4. The van der Waals surface area contributed by atoms with Gasteiger partial charge in [-0.1, -0.05) is 42.5 Å². The van der Waals surface area contributed by atoms with Crippen LogP contribution >= 0.6 is 0 Å². The summed E-state index contributed by atoms with van der Waals surface area (Å²) in [6.45, 7) is 0. The van der Waals surface area contributed by atoms with Crippen molar-refractivity contribution in [3.05, 3.63) is 96.1 Å². The van der Waals surface area contributed by atoms with E-state index < -0.39 is 11.9 Å². The number of nitrogens with zero attached hydrogens (tertiary/aromatic N) is 2. The van der Waals surface area contributed by atoms with Crippen LogP contribution in [0.15, 0.2) is 95.2 Å². The third-order valence-corrected chi connectivity index (χ3v) is 3.15. The van der Waals surface area contributed by atoms with Gasteiger partial charge >= 0.3 is 11.9 Å². The predicted molar refractivity (Wildman–Crippen MR) is 97.4 cm³/mol. The average molecular weight is 348 g/mol. The first-order valence-electron chi connectivity index (χ1n) is 7.65.